The molecule has 1 aliphatic rings. The Kier molecular flexibility index (Phi) is 6.30. The van der Waals surface area contributed by atoms with E-state index < -0.39 is 29.8 Å². The average Bonchev–Trinajstić information content (AvgIpc) is 2.84. The SMILES string of the molecule is CCC(CC)NC(=O)C1CN(C(=O)Cn2c(=O)[nH]c3ccccc3c2=O)c2ccccc2O1. The van der Waals surface area contributed by atoms with Crippen molar-refractivity contribution in [3.8, 4) is 5.75 Å². The van der Waals surface area contributed by atoms with Gasteiger partial charge in [0.2, 0.25) is 5.91 Å². The van der Waals surface area contributed by atoms with Gasteiger partial charge in [0, 0.05) is 6.04 Å². The highest BCUT2D eigenvalue weighted by molar-refractivity contribution is 5.97. The van der Waals surface area contributed by atoms with Crippen molar-refractivity contribution in [2.24, 2.45) is 0 Å². The number of ether oxygens (including phenoxy) is 1. The number of para-hydroxylation sites is 3. The highest BCUT2D eigenvalue weighted by Crippen LogP contribution is 2.33. The summed E-state index contributed by atoms with van der Waals surface area (Å²) in [5.74, 6) is -0.410. The predicted octanol–water partition coefficient (Wildman–Crippen LogP) is 1.79. The quantitative estimate of drug-likeness (QED) is 0.594. The van der Waals surface area contributed by atoms with Gasteiger partial charge in [-0.2, -0.15) is 0 Å². The summed E-state index contributed by atoms with van der Waals surface area (Å²) < 4.78 is 6.75. The van der Waals surface area contributed by atoms with Crippen LogP contribution in [0.1, 0.15) is 26.7 Å². The molecular formula is C24H26N4O5. The summed E-state index contributed by atoms with van der Waals surface area (Å²) in [4.78, 5) is 55.6. The lowest BCUT2D eigenvalue weighted by atomic mass is 10.1. The number of hydrogen-bond acceptors (Lipinski definition) is 5. The summed E-state index contributed by atoms with van der Waals surface area (Å²) in [7, 11) is 0. The molecule has 0 fully saturated rings. The summed E-state index contributed by atoms with van der Waals surface area (Å²) in [6.45, 7) is 3.48. The number of aromatic nitrogens is 2. The van der Waals surface area contributed by atoms with Crippen LogP contribution in [0, 0.1) is 0 Å². The van der Waals surface area contributed by atoms with Crippen LogP contribution in [-0.4, -0.2) is 40.1 Å². The topological polar surface area (TPSA) is 113 Å². The summed E-state index contributed by atoms with van der Waals surface area (Å²) in [6.07, 6.45) is 0.653. The van der Waals surface area contributed by atoms with Crippen LogP contribution < -0.4 is 26.2 Å². The summed E-state index contributed by atoms with van der Waals surface area (Å²) in [5, 5.41) is 3.27. The van der Waals surface area contributed by atoms with Crippen LogP contribution in [0.3, 0.4) is 0 Å². The fourth-order valence-corrected chi connectivity index (χ4v) is 3.96. The van der Waals surface area contributed by atoms with E-state index in [9.17, 15) is 19.2 Å². The zero-order chi connectivity index (χ0) is 23.5. The Morgan fingerprint density at radius 3 is 2.55 bits per heavy atom. The fraction of sp³-hybridized carbons (Fsp3) is 0.333. The molecule has 0 bridgehead atoms. The van der Waals surface area contributed by atoms with Crippen LogP contribution in [0.2, 0.25) is 0 Å². The molecule has 2 N–H and O–H groups in total. The molecule has 0 spiro atoms. The number of nitrogens with one attached hydrogen (secondary N) is 2. The minimum atomic E-state index is -0.906. The molecule has 1 atom stereocenters. The number of amides is 2. The van der Waals surface area contributed by atoms with Crippen LogP contribution in [0.25, 0.3) is 10.9 Å². The van der Waals surface area contributed by atoms with Gasteiger partial charge in [0.15, 0.2) is 6.10 Å². The van der Waals surface area contributed by atoms with Crippen LogP contribution >= 0.6 is 0 Å². The number of fused-ring (bicyclic) bond motifs is 2. The monoisotopic (exact) mass is 450 g/mol. The average molecular weight is 450 g/mol. The molecule has 2 amide bonds. The lowest BCUT2D eigenvalue weighted by Gasteiger charge is -2.34. The summed E-state index contributed by atoms with van der Waals surface area (Å²) in [5.41, 5.74) is -0.325. The number of nitrogens with zero attached hydrogens (tertiary/aromatic N) is 2. The molecule has 4 rings (SSSR count). The van der Waals surface area contributed by atoms with Crippen molar-refractivity contribution in [3.63, 3.8) is 0 Å². The first-order valence-corrected chi connectivity index (χ1v) is 11.0. The predicted molar refractivity (Wildman–Crippen MR) is 125 cm³/mol. The third kappa shape index (κ3) is 4.39. The van der Waals surface area contributed by atoms with Gasteiger partial charge in [-0.3, -0.25) is 19.0 Å². The maximum Gasteiger partial charge on any atom is 0.329 e. The van der Waals surface area contributed by atoms with Crippen LogP contribution in [-0.2, 0) is 16.1 Å². The third-order valence-corrected chi connectivity index (χ3v) is 5.88. The second kappa shape index (κ2) is 9.32. The Hall–Kier alpha value is -3.88. The van der Waals surface area contributed by atoms with E-state index in [1.165, 1.54) is 4.90 Å². The maximum atomic E-state index is 13.3. The van der Waals surface area contributed by atoms with Gasteiger partial charge in [-0.15, -0.1) is 0 Å². The maximum absolute atomic E-state index is 13.3. The highest BCUT2D eigenvalue weighted by atomic mass is 16.5. The number of carbonyl (C=O) groups excluding carboxylic acids is 2. The molecule has 2 heterocycles. The van der Waals surface area contributed by atoms with E-state index in [0.29, 0.717) is 22.3 Å². The van der Waals surface area contributed by atoms with Gasteiger partial charge in [0.25, 0.3) is 11.5 Å². The molecule has 0 radical (unpaired) electrons. The standard InChI is InChI=1S/C24H26N4O5/c1-3-15(4-2)25-22(30)20-13-27(18-11-7-8-12-19(18)33-20)21(29)14-28-23(31)16-9-5-6-10-17(16)26-24(28)32/h5-12,15,20H,3-4,13-14H2,1-2H3,(H,25,30)(H,26,32). The number of anilines is 1. The minimum Gasteiger partial charge on any atom is -0.477 e. The number of aromatic amines is 1. The van der Waals surface area contributed by atoms with Gasteiger partial charge in [0.1, 0.15) is 12.3 Å². The Balaban J connectivity index is 1.64. The molecule has 0 saturated carbocycles. The molecule has 9 heteroatoms. The number of benzene rings is 2. The largest absolute Gasteiger partial charge is 0.477 e. The van der Waals surface area contributed by atoms with Gasteiger partial charge in [-0.05, 0) is 37.1 Å². The van der Waals surface area contributed by atoms with E-state index in [-0.39, 0.29) is 18.5 Å². The molecule has 1 unspecified atom stereocenters. The van der Waals surface area contributed by atoms with Gasteiger partial charge in [-0.25, -0.2) is 4.79 Å². The van der Waals surface area contributed by atoms with Crippen molar-refractivity contribution in [2.45, 2.75) is 45.4 Å². The molecule has 0 aliphatic carbocycles. The molecule has 172 valence electrons. The highest BCUT2D eigenvalue weighted by Gasteiger charge is 2.34. The number of carbonyl (C=O) groups is 2. The molecule has 1 aliphatic heterocycles. The summed E-state index contributed by atoms with van der Waals surface area (Å²) >= 11 is 0. The lowest BCUT2D eigenvalue weighted by Crippen LogP contribution is -2.53. The van der Waals surface area contributed by atoms with Crippen LogP contribution in [0.5, 0.6) is 5.75 Å². The fourth-order valence-electron chi connectivity index (χ4n) is 3.96. The van der Waals surface area contributed by atoms with E-state index in [2.05, 4.69) is 10.3 Å². The van der Waals surface area contributed by atoms with Crippen molar-refractivity contribution in [1.29, 1.82) is 0 Å². The van der Waals surface area contributed by atoms with E-state index in [1.54, 1.807) is 48.5 Å². The third-order valence-electron chi connectivity index (χ3n) is 5.88. The van der Waals surface area contributed by atoms with Crippen molar-refractivity contribution in [3.05, 3.63) is 69.4 Å². The number of H-pyrrole nitrogens is 1. The molecule has 2 aromatic carbocycles. The molecule has 0 saturated heterocycles. The zero-order valence-electron chi connectivity index (χ0n) is 18.5. The van der Waals surface area contributed by atoms with Crippen LogP contribution in [0.4, 0.5) is 5.69 Å². The zero-order valence-corrected chi connectivity index (χ0v) is 18.5. The Morgan fingerprint density at radius 2 is 1.79 bits per heavy atom. The number of hydrogen-bond donors (Lipinski definition) is 2. The molecule has 33 heavy (non-hydrogen) atoms. The second-order valence-electron chi connectivity index (χ2n) is 7.97. The number of rotatable bonds is 6. The van der Waals surface area contributed by atoms with Gasteiger partial charge in [0.05, 0.1) is 23.1 Å². The smallest absolute Gasteiger partial charge is 0.329 e. The van der Waals surface area contributed by atoms with Crippen molar-refractivity contribution in [2.75, 3.05) is 11.4 Å². The van der Waals surface area contributed by atoms with Crippen molar-refractivity contribution in [1.82, 2.24) is 14.9 Å². The minimum absolute atomic E-state index is 0.0113. The second-order valence-corrected chi connectivity index (χ2v) is 7.97. The Morgan fingerprint density at radius 1 is 1.09 bits per heavy atom. The normalized spacial score (nSPS) is 15.2. The molecule has 9 nitrogen and oxygen atoms in total. The lowest BCUT2D eigenvalue weighted by molar-refractivity contribution is -0.129. The molecule has 3 aromatic rings. The molecular weight excluding hydrogens is 424 g/mol. The van der Waals surface area contributed by atoms with E-state index in [1.807, 2.05) is 13.8 Å². The van der Waals surface area contributed by atoms with Crippen LogP contribution in [0.15, 0.2) is 58.1 Å². The first-order valence-electron chi connectivity index (χ1n) is 11.0. The van der Waals surface area contributed by atoms with Gasteiger partial charge in [-0.1, -0.05) is 38.1 Å². The first-order chi connectivity index (χ1) is 15.9. The van der Waals surface area contributed by atoms with Gasteiger partial charge >= 0.3 is 5.69 Å². The Labute approximate surface area is 190 Å². The van der Waals surface area contributed by atoms with E-state index >= 15 is 0 Å². The van der Waals surface area contributed by atoms with Gasteiger partial charge < -0.3 is 19.9 Å². The van der Waals surface area contributed by atoms with Crippen molar-refractivity contribution < 1.29 is 14.3 Å². The first kappa shape index (κ1) is 22.3. The molecule has 1 aromatic heterocycles. The van der Waals surface area contributed by atoms with E-state index in [0.717, 1.165) is 17.4 Å². The Bertz CT molecular complexity index is 1310. The van der Waals surface area contributed by atoms with E-state index in [4.69, 9.17) is 4.74 Å². The summed E-state index contributed by atoms with van der Waals surface area (Å²) in [6, 6.07) is 13.5. The van der Waals surface area contributed by atoms with Crippen molar-refractivity contribution >= 4 is 28.4 Å².